The average Bonchev–Trinajstić information content (AvgIpc) is 2.69. The Morgan fingerprint density at radius 2 is 1.67 bits per heavy atom. The predicted molar refractivity (Wildman–Crippen MR) is 120 cm³/mol. The molecule has 27 heavy (non-hydrogen) atoms. The van der Waals surface area contributed by atoms with E-state index in [-0.39, 0.29) is 29.9 Å². The number of nitrogens with zero attached hydrogens (tertiary/aromatic N) is 1. The lowest BCUT2D eigenvalue weighted by Crippen LogP contribution is -2.36. The molecule has 0 aliphatic rings. The summed E-state index contributed by atoms with van der Waals surface area (Å²) in [5.74, 6) is 1.49. The van der Waals surface area contributed by atoms with Gasteiger partial charge in [-0.25, -0.2) is 0 Å². The van der Waals surface area contributed by atoms with Gasteiger partial charge in [-0.1, -0.05) is 24.3 Å². The van der Waals surface area contributed by atoms with Gasteiger partial charge < -0.3 is 20.7 Å². The fraction of sp³-hybridized carbons (Fsp3) is 0.300. The Morgan fingerprint density at radius 1 is 1.00 bits per heavy atom. The third kappa shape index (κ3) is 7.46. The summed E-state index contributed by atoms with van der Waals surface area (Å²) < 4.78 is 5.23. The molecule has 0 unspecified atom stereocenters. The van der Waals surface area contributed by atoms with Crippen LogP contribution in [0.25, 0.3) is 0 Å². The molecule has 0 spiro atoms. The molecule has 0 saturated carbocycles. The zero-order chi connectivity index (χ0) is 18.8. The van der Waals surface area contributed by atoms with Crippen molar-refractivity contribution in [3.8, 4) is 5.75 Å². The monoisotopic (exact) mass is 482 g/mol. The smallest absolute Gasteiger partial charge is 0.251 e. The lowest BCUT2D eigenvalue weighted by molar-refractivity contribution is 0.0956. The van der Waals surface area contributed by atoms with Crippen molar-refractivity contribution in [1.82, 2.24) is 16.0 Å². The first-order chi connectivity index (χ1) is 12.7. The standard InChI is InChI=1S/C20H26N4O2.HI/c1-4-22-19(25)17-10-8-15(9-11-17)13-23-20(21-2)24-14-16-6-5-7-18(12-16)26-3;/h5-12H,4,13-14H2,1-3H3,(H,22,25)(H2,21,23,24);1H. The van der Waals surface area contributed by atoms with Gasteiger partial charge in [0, 0.05) is 32.2 Å². The maximum atomic E-state index is 11.8. The molecule has 0 atom stereocenters. The first kappa shape index (κ1) is 22.8. The topological polar surface area (TPSA) is 74.8 Å². The van der Waals surface area contributed by atoms with Crippen LogP contribution in [0.1, 0.15) is 28.4 Å². The second kappa shape index (κ2) is 12.2. The molecule has 0 bridgehead atoms. The number of ether oxygens (including phenoxy) is 1. The minimum Gasteiger partial charge on any atom is -0.497 e. The van der Waals surface area contributed by atoms with Crippen molar-refractivity contribution < 1.29 is 9.53 Å². The predicted octanol–water partition coefficient (Wildman–Crippen LogP) is 2.93. The lowest BCUT2D eigenvalue weighted by atomic mass is 10.1. The van der Waals surface area contributed by atoms with Gasteiger partial charge in [-0.3, -0.25) is 9.79 Å². The van der Waals surface area contributed by atoms with Gasteiger partial charge in [0.2, 0.25) is 0 Å². The van der Waals surface area contributed by atoms with Gasteiger partial charge in [0.25, 0.3) is 5.91 Å². The highest BCUT2D eigenvalue weighted by Crippen LogP contribution is 2.12. The first-order valence-corrected chi connectivity index (χ1v) is 8.60. The van der Waals surface area contributed by atoms with Gasteiger partial charge in [0.05, 0.1) is 7.11 Å². The molecule has 7 heteroatoms. The van der Waals surface area contributed by atoms with Crippen LogP contribution in [-0.2, 0) is 13.1 Å². The number of halogens is 1. The van der Waals surface area contributed by atoms with Crippen LogP contribution in [-0.4, -0.2) is 32.6 Å². The highest BCUT2D eigenvalue weighted by Gasteiger charge is 2.04. The minimum absolute atomic E-state index is 0. The van der Waals surface area contributed by atoms with Crippen LogP contribution in [0.4, 0.5) is 0 Å². The number of amides is 1. The van der Waals surface area contributed by atoms with E-state index >= 15 is 0 Å². The van der Waals surface area contributed by atoms with Gasteiger partial charge in [-0.2, -0.15) is 0 Å². The van der Waals surface area contributed by atoms with Crippen LogP contribution in [0, 0.1) is 0 Å². The zero-order valence-electron chi connectivity index (χ0n) is 15.9. The summed E-state index contributed by atoms with van der Waals surface area (Å²) in [6.07, 6.45) is 0. The van der Waals surface area contributed by atoms with Crippen LogP contribution in [0.3, 0.4) is 0 Å². The van der Waals surface area contributed by atoms with Crippen LogP contribution in [0.2, 0.25) is 0 Å². The fourth-order valence-corrected chi connectivity index (χ4v) is 2.41. The van der Waals surface area contributed by atoms with Crippen LogP contribution in [0.5, 0.6) is 5.75 Å². The highest BCUT2D eigenvalue weighted by molar-refractivity contribution is 14.0. The Labute approximate surface area is 177 Å². The number of methoxy groups -OCH3 is 1. The average molecular weight is 482 g/mol. The molecule has 0 fully saturated rings. The SMILES string of the molecule is CCNC(=O)c1ccc(CNC(=NC)NCc2cccc(OC)c2)cc1.I. The maximum absolute atomic E-state index is 11.8. The van der Waals surface area contributed by atoms with Crippen molar-refractivity contribution in [1.29, 1.82) is 0 Å². The Balaban J connectivity index is 0.00000364. The number of rotatable bonds is 7. The molecule has 0 aliphatic carbocycles. The minimum atomic E-state index is -0.0530. The fourth-order valence-electron chi connectivity index (χ4n) is 2.41. The van der Waals surface area contributed by atoms with Crippen LogP contribution < -0.4 is 20.7 Å². The quantitative estimate of drug-likeness (QED) is 0.323. The summed E-state index contributed by atoms with van der Waals surface area (Å²) in [4.78, 5) is 16.0. The molecule has 0 aliphatic heterocycles. The number of carbonyl (C=O) groups is 1. The summed E-state index contributed by atoms with van der Waals surface area (Å²) in [6.45, 7) is 3.79. The second-order valence-electron chi connectivity index (χ2n) is 5.69. The number of guanidine groups is 1. The molecule has 146 valence electrons. The van der Waals surface area contributed by atoms with Crippen molar-refractivity contribution in [3.63, 3.8) is 0 Å². The van der Waals surface area contributed by atoms with Gasteiger partial charge >= 0.3 is 0 Å². The van der Waals surface area contributed by atoms with Crippen molar-refractivity contribution in [3.05, 3.63) is 65.2 Å². The van der Waals surface area contributed by atoms with E-state index in [9.17, 15) is 4.79 Å². The number of carbonyl (C=O) groups excluding carboxylic acids is 1. The van der Waals surface area contributed by atoms with Crippen molar-refractivity contribution >= 4 is 35.8 Å². The molecular weight excluding hydrogens is 455 g/mol. The summed E-state index contributed by atoms with van der Waals surface area (Å²) in [7, 11) is 3.39. The summed E-state index contributed by atoms with van der Waals surface area (Å²) in [6, 6.07) is 15.4. The third-order valence-electron chi connectivity index (χ3n) is 3.83. The number of hydrogen-bond donors (Lipinski definition) is 3. The maximum Gasteiger partial charge on any atom is 0.251 e. The van der Waals surface area contributed by atoms with E-state index in [2.05, 4.69) is 20.9 Å². The van der Waals surface area contributed by atoms with Crippen LogP contribution in [0.15, 0.2) is 53.5 Å². The Hall–Kier alpha value is -2.29. The molecule has 0 radical (unpaired) electrons. The van der Waals surface area contributed by atoms with E-state index in [4.69, 9.17) is 4.74 Å². The lowest BCUT2D eigenvalue weighted by Gasteiger charge is -2.13. The summed E-state index contributed by atoms with van der Waals surface area (Å²) >= 11 is 0. The number of benzene rings is 2. The Bertz CT molecular complexity index is 748. The Kier molecular flexibility index (Phi) is 10.2. The number of hydrogen-bond acceptors (Lipinski definition) is 3. The molecular formula is C20H27IN4O2. The van der Waals surface area contributed by atoms with Gasteiger partial charge in [-0.05, 0) is 42.3 Å². The van der Waals surface area contributed by atoms with E-state index in [1.807, 2.05) is 55.5 Å². The number of nitrogens with one attached hydrogen (secondary N) is 3. The molecule has 0 heterocycles. The first-order valence-electron chi connectivity index (χ1n) is 8.60. The molecule has 2 rings (SSSR count). The highest BCUT2D eigenvalue weighted by atomic mass is 127. The second-order valence-corrected chi connectivity index (χ2v) is 5.69. The molecule has 6 nitrogen and oxygen atoms in total. The van der Waals surface area contributed by atoms with Crippen molar-refractivity contribution in [2.75, 3.05) is 20.7 Å². The van der Waals surface area contributed by atoms with Crippen molar-refractivity contribution in [2.24, 2.45) is 4.99 Å². The molecule has 2 aromatic rings. The summed E-state index contributed by atoms with van der Waals surface area (Å²) in [5, 5.41) is 9.33. The van der Waals surface area contributed by atoms with Crippen LogP contribution >= 0.6 is 24.0 Å². The molecule has 2 aromatic carbocycles. The van der Waals surface area contributed by atoms with E-state index in [1.54, 1.807) is 14.2 Å². The molecule has 0 aromatic heterocycles. The third-order valence-corrected chi connectivity index (χ3v) is 3.83. The van der Waals surface area contributed by atoms with Gasteiger partial charge in [0.1, 0.15) is 5.75 Å². The van der Waals surface area contributed by atoms with Gasteiger partial charge in [0.15, 0.2) is 5.96 Å². The van der Waals surface area contributed by atoms with Crippen molar-refractivity contribution in [2.45, 2.75) is 20.0 Å². The zero-order valence-corrected chi connectivity index (χ0v) is 18.2. The van der Waals surface area contributed by atoms with E-state index < -0.39 is 0 Å². The normalized spacial score (nSPS) is 10.6. The van der Waals surface area contributed by atoms with E-state index in [0.29, 0.717) is 31.2 Å². The van der Waals surface area contributed by atoms with Gasteiger partial charge in [-0.15, -0.1) is 24.0 Å². The molecule has 0 saturated heterocycles. The van der Waals surface area contributed by atoms with E-state index in [0.717, 1.165) is 16.9 Å². The molecule has 3 N–H and O–H groups in total. The van der Waals surface area contributed by atoms with E-state index in [1.165, 1.54) is 0 Å². The number of aliphatic imine (C=N–C) groups is 1. The Morgan fingerprint density at radius 3 is 2.26 bits per heavy atom. The largest absolute Gasteiger partial charge is 0.497 e. The molecule has 1 amide bonds. The summed E-state index contributed by atoms with van der Waals surface area (Å²) in [5.41, 5.74) is 2.84.